The molecule has 78 valence electrons. The Labute approximate surface area is 91.6 Å². The van der Waals surface area contributed by atoms with E-state index in [1.54, 1.807) is 10.6 Å². The van der Waals surface area contributed by atoms with Crippen LogP contribution in [0.25, 0.3) is 10.9 Å². The van der Waals surface area contributed by atoms with Gasteiger partial charge in [0.1, 0.15) is 6.54 Å². The highest BCUT2D eigenvalue weighted by atomic mass is 35.5. The highest BCUT2D eigenvalue weighted by Crippen LogP contribution is 2.24. The smallest absolute Gasteiger partial charge is 0.253 e. The predicted octanol–water partition coefficient (Wildman–Crippen LogP) is 1.28. The summed E-state index contributed by atoms with van der Waals surface area (Å²) in [5, 5.41) is 1.63. The van der Waals surface area contributed by atoms with Crippen LogP contribution in [-0.4, -0.2) is 10.5 Å². The lowest BCUT2D eigenvalue weighted by Gasteiger charge is -2.04. The highest BCUT2D eigenvalue weighted by Gasteiger charge is 2.07. The Bertz CT molecular complexity index is 506. The molecule has 2 rings (SSSR count). The van der Waals surface area contributed by atoms with Crippen LogP contribution in [-0.2, 0) is 11.3 Å². The molecule has 0 aliphatic rings. The van der Waals surface area contributed by atoms with Crippen LogP contribution in [0.5, 0.6) is 0 Å². The van der Waals surface area contributed by atoms with Crippen molar-refractivity contribution in [2.75, 3.05) is 0 Å². The molecule has 2 aromatic rings. The van der Waals surface area contributed by atoms with E-state index in [-0.39, 0.29) is 12.5 Å². The second-order valence-corrected chi connectivity index (χ2v) is 3.60. The van der Waals surface area contributed by atoms with E-state index < -0.39 is 0 Å². The number of fused-ring (bicyclic) bond motifs is 1. The Hall–Kier alpha value is -1.52. The summed E-state index contributed by atoms with van der Waals surface area (Å²) in [6, 6.07) is 7.52. The molecule has 0 fully saturated rings. The number of amides is 1. The van der Waals surface area contributed by atoms with E-state index in [1.807, 2.05) is 24.4 Å². The molecule has 1 aromatic carbocycles. The van der Waals surface area contributed by atoms with Gasteiger partial charge in [-0.05, 0) is 12.1 Å². The van der Waals surface area contributed by atoms with Crippen LogP contribution in [0.4, 0.5) is 0 Å². The third kappa shape index (κ3) is 1.82. The quantitative estimate of drug-likeness (QED) is 0.458. The molecule has 0 saturated heterocycles. The van der Waals surface area contributed by atoms with E-state index in [4.69, 9.17) is 17.4 Å². The molecule has 0 bridgehead atoms. The summed E-state index contributed by atoms with van der Waals surface area (Å²) in [6.45, 7) is 0.170. The van der Waals surface area contributed by atoms with Gasteiger partial charge in [-0.25, -0.2) is 5.84 Å². The molecule has 0 aliphatic carbocycles. The number of carbonyl (C=O) groups excluding carboxylic acids is 1. The van der Waals surface area contributed by atoms with Crippen LogP contribution in [0.15, 0.2) is 30.5 Å². The average Bonchev–Trinajstić information content (AvgIpc) is 2.63. The third-order valence-corrected chi connectivity index (χ3v) is 2.52. The topological polar surface area (TPSA) is 60.0 Å². The van der Waals surface area contributed by atoms with Crippen molar-refractivity contribution in [1.29, 1.82) is 0 Å². The molecule has 0 atom stereocenters. The number of hydrogen-bond donors (Lipinski definition) is 2. The average molecular weight is 224 g/mol. The summed E-state index contributed by atoms with van der Waals surface area (Å²) < 4.78 is 1.76. The number of hydrazine groups is 1. The first-order chi connectivity index (χ1) is 7.22. The first kappa shape index (κ1) is 10.0. The third-order valence-electron chi connectivity index (χ3n) is 2.21. The van der Waals surface area contributed by atoms with Gasteiger partial charge in [-0.3, -0.25) is 10.2 Å². The Morgan fingerprint density at radius 2 is 2.27 bits per heavy atom. The van der Waals surface area contributed by atoms with Gasteiger partial charge in [0.05, 0.1) is 10.5 Å². The van der Waals surface area contributed by atoms with Crippen molar-refractivity contribution in [3.05, 3.63) is 35.5 Å². The number of benzene rings is 1. The Kier molecular flexibility index (Phi) is 2.62. The number of carbonyl (C=O) groups is 1. The van der Waals surface area contributed by atoms with Crippen molar-refractivity contribution >= 4 is 28.4 Å². The van der Waals surface area contributed by atoms with E-state index in [0.29, 0.717) is 5.02 Å². The molecule has 0 spiro atoms. The monoisotopic (exact) mass is 223 g/mol. The van der Waals surface area contributed by atoms with E-state index in [2.05, 4.69) is 5.43 Å². The van der Waals surface area contributed by atoms with Crippen molar-refractivity contribution < 1.29 is 4.79 Å². The minimum absolute atomic E-state index is 0.170. The number of aromatic nitrogens is 1. The van der Waals surface area contributed by atoms with Crippen LogP contribution < -0.4 is 11.3 Å². The van der Waals surface area contributed by atoms with Gasteiger partial charge in [0, 0.05) is 11.6 Å². The second kappa shape index (κ2) is 3.92. The second-order valence-electron chi connectivity index (χ2n) is 3.19. The van der Waals surface area contributed by atoms with Crippen molar-refractivity contribution in [3.8, 4) is 0 Å². The number of nitrogens with one attached hydrogen (secondary N) is 1. The lowest BCUT2D eigenvalue weighted by Crippen LogP contribution is -2.33. The number of hydrogen-bond acceptors (Lipinski definition) is 2. The predicted molar refractivity (Wildman–Crippen MR) is 59.3 cm³/mol. The molecule has 5 heteroatoms. The fraction of sp³-hybridized carbons (Fsp3) is 0.100. The largest absolute Gasteiger partial charge is 0.337 e. The van der Waals surface area contributed by atoms with E-state index in [1.165, 1.54) is 0 Å². The summed E-state index contributed by atoms with van der Waals surface area (Å²) in [7, 11) is 0. The molecule has 1 aromatic heterocycles. The van der Waals surface area contributed by atoms with Crippen LogP contribution in [0.1, 0.15) is 0 Å². The molecule has 15 heavy (non-hydrogen) atoms. The summed E-state index contributed by atoms with van der Waals surface area (Å²) in [5.41, 5.74) is 2.93. The van der Waals surface area contributed by atoms with Gasteiger partial charge < -0.3 is 4.57 Å². The van der Waals surface area contributed by atoms with Crippen molar-refractivity contribution in [3.63, 3.8) is 0 Å². The van der Waals surface area contributed by atoms with Gasteiger partial charge in [0.25, 0.3) is 5.91 Å². The van der Waals surface area contributed by atoms with Crippen LogP contribution in [0, 0.1) is 0 Å². The van der Waals surface area contributed by atoms with E-state index >= 15 is 0 Å². The number of rotatable bonds is 2. The van der Waals surface area contributed by atoms with Crippen LogP contribution in [0.2, 0.25) is 5.02 Å². The zero-order chi connectivity index (χ0) is 10.8. The standard InChI is InChI=1S/C10H10ClN3O/c11-8-3-1-2-7-4-5-14(10(7)8)6-9(15)13-12/h1-5H,6,12H2,(H,13,15). The van der Waals surface area contributed by atoms with Crippen molar-refractivity contribution in [2.45, 2.75) is 6.54 Å². The van der Waals surface area contributed by atoms with Crippen molar-refractivity contribution in [1.82, 2.24) is 9.99 Å². The van der Waals surface area contributed by atoms with Crippen molar-refractivity contribution in [2.24, 2.45) is 5.84 Å². The first-order valence-electron chi connectivity index (χ1n) is 4.45. The van der Waals surface area contributed by atoms with Gasteiger partial charge in [-0.15, -0.1) is 0 Å². The summed E-state index contributed by atoms with van der Waals surface area (Å²) in [4.78, 5) is 11.1. The minimum atomic E-state index is -0.257. The Morgan fingerprint density at radius 1 is 1.47 bits per heavy atom. The molecule has 3 N–H and O–H groups in total. The van der Waals surface area contributed by atoms with Gasteiger partial charge in [-0.2, -0.15) is 0 Å². The highest BCUT2D eigenvalue weighted by molar-refractivity contribution is 6.35. The van der Waals surface area contributed by atoms with Gasteiger partial charge in [0.15, 0.2) is 0 Å². The number of halogens is 1. The Morgan fingerprint density at radius 3 is 3.00 bits per heavy atom. The zero-order valence-corrected chi connectivity index (χ0v) is 8.66. The fourth-order valence-corrected chi connectivity index (χ4v) is 1.84. The molecule has 0 unspecified atom stereocenters. The summed E-state index contributed by atoms with van der Waals surface area (Å²) in [6.07, 6.45) is 1.81. The van der Waals surface area contributed by atoms with Crippen LogP contribution in [0.3, 0.4) is 0 Å². The maximum absolute atomic E-state index is 11.1. The van der Waals surface area contributed by atoms with Gasteiger partial charge in [0.2, 0.25) is 0 Å². The minimum Gasteiger partial charge on any atom is -0.337 e. The zero-order valence-electron chi connectivity index (χ0n) is 7.90. The van der Waals surface area contributed by atoms with Crippen LogP contribution >= 0.6 is 11.6 Å². The van der Waals surface area contributed by atoms with E-state index in [9.17, 15) is 4.79 Å². The normalized spacial score (nSPS) is 10.5. The molecule has 0 radical (unpaired) electrons. The molecular weight excluding hydrogens is 214 g/mol. The summed E-state index contributed by atoms with van der Waals surface area (Å²) >= 11 is 6.05. The fourth-order valence-electron chi connectivity index (χ4n) is 1.55. The SMILES string of the molecule is NNC(=O)Cn1ccc2cccc(Cl)c21. The first-order valence-corrected chi connectivity index (χ1v) is 4.83. The molecule has 1 heterocycles. The number of para-hydroxylation sites is 1. The molecule has 1 amide bonds. The van der Waals surface area contributed by atoms with E-state index in [0.717, 1.165) is 10.9 Å². The molecule has 4 nitrogen and oxygen atoms in total. The maximum atomic E-state index is 11.1. The Balaban J connectivity index is 2.48. The number of nitrogens with zero attached hydrogens (tertiary/aromatic N) is 1. The van der Waals surface area contributed by atoms with Gasteiger partial charge >= 0.3 is 0 Å². The maximum Gasteiger partial charge on any atom is 0.253 e. The summed E-state index contributed by atoms with van der Waals surface area (Å²) in [5.74, 6) is 4.77. The lowest BCUT2D eigenvalue weighted by atomic mass is 10.2. The van der Waals surface area contributed by atoms with Gasteiger partial charge in [-0.1, -0.05) is 23.7 Å². The molecule has 0 saturated carbocycles. The number of nitrogens with two attached hydrogens (primary N) is 1. The molecule has 0 aliphatic heterocycles. The lowest BCUT2D eigenvalue weighted by molar-refractivity contribution is -0.121. The molecular formula is C10H10ClN3O.